The standard InChI is InChI=1S/C30H26N/c1-2-9-24-20(5-1)11-12-26-25(24)13-14-27-28(16-22(17-29(26)27)19-6-3-7-19)23-15-21-8-4-10-30(21)31-18-23/h1-2,4-5,9,11,13-15,18-19,22H,3,6-7,10,12,16-17H2. The topological polar surface area (TPSA) is 12.9 Å². The molecule has 4 aliphatic rings. The second kappa shape index (κ2) is 6.79. The number of allylic oxidation sites excluding steroid dienone is 1. The Labute approximate surface area is 183 Å². The van der Waals surface area contributed by atoms with Crippen molar-refractivity contribution in [1.82, 2.24) is 4.98 Å². The Balaban J connectivity index is 1.51. The Morgan fingerprint density at radius 1 is 0.839 bits per heavy atom. The first-order chi connectivity index (χ1) is 15.3. The maximum absolute atomic E-state index is 4.81. The third-order valence-electron chi connectivity index (χ3n) is 8.15. The molecule has 1 heterocycles. The summed E-state index contributed by atoms with van der Waals surface area (Å²) in [7, 11) is 0. The summed E-state index contributed by atoms with van der Waals surface area (Å²) in [6.45, 7) is 0. The van der Waals surface area contributed by atoms with Gasteiger partial charge in [0.15, 0.2) is 0 Å². The summed E-state index contributed by atoms with van der Waals surface area (Å²) in [6.07, 6.45) is 18.7. The van der Waals surface area contributed by atoms with Crippen molar-refractivity contribution in [2.24, 2.45) is 11.8 Å². The SMILES string of the molecule is [C]1=CCc2ncc(C3=c4ccc5c(c4CC(C4CCC4)C3)CC=c3ccccc3=5)cc21. The van der Waals surface area contributed by atoms with E-state index >= 15 is 0 Å². The molecule has 31 heavy (non-hydrogen) atoms. The summed E-state index contributed by atoms with van der Waals surface area (Å²) in [5, 5.41) is 5.72. The molecule has 0 amide bonds. The van der Waals surface area contributed by atoms with E-state index in [1.165, 1.54) is 75.4 Å². The lowest BCUT2D eigenvalue weighted by atomic mass is 9.67. The molecule has 151 valence electrons. The summed E-state index contributed by atoms with van der Waals surface area (Å²) in [5.74, 6) is 1.67. The highest BCUT2D eigenvalue weighted by Gasteiger charge is 2.32. The van der Waals surface area contributed by atoms with Gasteiger partial charge in [0.1, 0.15) is 0 Å². The van der Waals surface area contributed by atoms with E-state index < -0.39 is 0 Å². The maximum Gasteiger partial charge on any atom is 0.0520 e. The van der Waals surface area contributed by atoms with Gasteiger partial charge in [0.25, 0.3) is 0 Å². The molecule has 1 radical (unpaired) electrons. The predicted molar refractivity (Wildman–Crippen MR) is 124 cm³/mol. The van der Waals surface area contributed by atoms with E-state index in [9.17, 15) is 0 Å². The number of pyridine rings is 1. The molecule has 1 nitrogen and oxygen atoms in total. The first-order valence-electron chi connectivity index (χ1n) is 11.9. The maximum atomic E-state index is 4.81. The molecular formula is C30H26N. The summed E-state index contributed by atoms with van der Waals surface area (Å²) in [5.41, 5.74) is 8.38. The average Bonchev–Trinajstić information content (AvgIpc) is 3.25. The van der Waals surface area contributed by atoms with Gasteiger partial charge in [0, 0.05) is 18.2 Å². The molecule has 1 atom stereocenters. The van der Waals surface area contributed by atoms with Crippen LogP contribution in [-0.2, 0) is 19.3 Å². The number of hydrogen-bond acceptors (Lipinski definition) is 1. The van der Waals surface area contributed by atoms with E-state index in [0.29, 0.717) is 0 Å². The van der Waals surface area contributed by atoms with Gasteiger partial charge in [-0.15, -0.1) is 0 Å². The smallest absolute Gasteiger partial charge is 0.0520 e. The van der Waals surface area contributed by atoms with Gasteiger partial charge in [0.05, 0.1) is 5.69 Å². The summed E-state index contributed by atoms with van der Waals surface area (Å²) in [4.78, 5) is 4.81. The van der Waals surface area contributed by atoms with E-state index in [0.717, 1.165) is 24.7 Å². The van der Waals surface area contributed by atoms with Crippen LogP contribution < -0.4 is 10.4 Å². The number of fused-ring (bicyclic) bond motifs is 5. The molecular weight excluding hydrogens is 374 g/mol. The molecule has 1 heteroatoms. The van der Waals surface area contributed by atoms with Gasteiger partial charge in [0.2, 0.25) is 0 Å². The van der Waals surface area contributed by atoms with E-state index in [1.807, 2.05) is 0 Å². The van der Waals surface area contributed by atoms with Crippen LogP contribution in [0.2, 0.25) is 0 Å². The number of benzene rings is 2. The quantitative estimate of drug-likeness (QED) is 0.616. The van der Waals surface area contributed by atoms with Crippen LogP contribution in [-0.4, -0.2) is 4.98 Å². The molecule has 0 saturated heterocycles. The average molecular weight is 401 g/mol. The molecule has 0 spiro atoms. The zero-order valence-corrected chi connectivity index (χ0v) is 17.8. The van der Waals surface area contributed by atoms with E-state index in [4.69, 9.17) is 4.98 Å². The molecule has 4 aliphatic carbocycles. The minimum atomic E-state index is 0.771. The second-order valence-electron chi connectivity index (χ2n) is 9.72. The fourth-order valence-electron chi connectivity index (χ4n) is 6.25. The third-order valence-corrected chi connectivity index (χ3v) is 8.15. The summed E-state index contributed by atoms with van der Waals surface area (Å²) >= 11 is 0. The minimum absolute atomic E-state index is 0.771. The summed E-state index contributed by atoms with van der Waals surface area (Å²) < 4.78 is 0. The van der Waals surface area contributed by atoms with Crippen molar-refractivity contribution in [2.45, 2.75) is 44.9 Å². The Kier molecular flexibility index (Phi) is 3.88. The molecule has 2 aromatic carbocycles. The number of rotatable bonds is 2. The highest BCUT2D eigenvalue weighted by molar-refractivity contribution is 5.69. The van der Waals surface area contributed by atoms with Crippen molar-refractivity contribution in [3.63, 3.8) is 0 Å². The third kappa shape index (κ3) is 2.72. The molecule has 0 bridgehead atoms. The number of hydrogen-bond donors (Lipinski definition) is 0. The van der Waals surface area contributed by atoms with Crippen LogP contribution in [0.25, 0.3) is 11.6 Å². The zero-order chi connectivity index (χ0) is 20.4. The van der Waals surface area contributed by atoms with Crippen molar-refractivity contribution < 1.29 is 0 Å². The van der Waals surface area contributed by atoms with Crippen molar-refractivity contribution in [1.29, 1.82) is 0 Å². The fraction of sp³-hybridized carbons (Fsp3) is 0.300. The Morgan fingerprint density at radius 3 is 2.65 bits per heavy atom. The van der Waals surface area contributed by atoms with Crippen LogP contribution >= 0.6 is 0 Å². The van der Waals surface area contributed by atoms with E-state index in [1.54, 1.807) is 11.1 Å². The fourth-order valence-corrected chi connectivity index (χ4v) is 6.25. The van der Waals surface area contributed by atoms with Gasteiger partial charge >= 0.3 is 0 Å². The lowest BCUT2D eigenvalue weighted by Crippen LogP contribution is -2.33. The van der Waals surface area contributed by atoms with Gasteiger partial charge in [-0.25, -0.2) is 0 Å². The lowest BCUT2D eigenvalue weighted by molar-refractivity contribution is 0.205. The van der Waals surface area contributed by atoms with Gasteiger partial charge in [-0.2, -0.15) is 0 Å². The van der Waals surface area contributed by atoms with Crippen molar-refractivity contribution in [2.75, 3.05) is 0 Å². The van der Waals surface area contributed by atoms with Crippen molar-refractivity contribution >= 4 is 11.6 Å². The molecule has 1 unspecified atom stereocenters. The van der Waals surface area contributed by atoms with E-state index in [2.05, 4.69) is 66.9 Å². The lowest BCUT2D eigenvalue weighted by Gasteiger charge is -2.37. The first-order valence-corrected chi connectivity index (χ1v) is 11.9. The van der Waals surface area contributed by atoms with Crippen LogP contribution in [0.5, 0.6) is 0 Å². The van der Waals surface area contributed by atoms with Crippen molar-refractivity contribution in [3.8, 4) is 0 Å². The molecule has 3 aromatic rings. The van der Waals surface area contributed by atoms with Gasteiger partial charge < -0.3 is 0 Å². The van der Waals surface area contributed by atoms with Crippen molar-refractivity contribution in [3.05, 3.63) is 110 Å². The zero-order valence-electron chi connectivity index (χ0n) is 17.8. The van der Waals surface area contributed by atoms with Crippen LogP contribution in [0, 0.1) is 28.3 Å². The molecule has 7 rings (SSSR count). The minimum Gasteiger partial charge on any atom is -0.260 e. The van der Waals surface area contributed by atoms with Crippen LogP contribution in [0.3, 0.4) is 0 Å². The summed E-state index contributed by atoms with van der Waals surface area (Å²) in [6, 6.07) is 16.0. The largest absolute Gasteiger partial charge is 0.260 e. The molecule has 1 fully saturated rings. The molecule has 1 aromatic heterocycles. The van der Waals surface area contributed by atoms with E-state index in [-0.39, 0.29) is 0 Å². The van der Waals surface area contributed by atoms with Gasteiger partial charge in [-0.05, 0) is 86.4 Å². The Hall–Kier alpha value is -2.93. The predicted octanol–water partition coefficient (Wildman–Crippen LogP) is 4.53. The Morgan fingerprint density at radius 2 is 1.74 bits per heavy atom. The van der Waals surface area contributed by atoms with Crippen LogP contribution in [0.15, 0.2) is 54.7 Å². The monoisotopic (exact) mass is 400 g/mol. The normalized spacial score (nSPS) is 20.9. The van der Waals surface area contributed by atoms with Crippen LogP contribution in [0.1, 0.15) is 53.6 Å². The molecule has 1 saturated carbocycles. The number of aromatic nitrogens is 1. The second-order valence-corrected chi connectivity index (χ2v) is 9.72. The highest BCUT2D eigenvalue weighted by Crippen LogP contribution is 2.41. The first kappa shape index (κ1) is 17.7. The molecule has 0 aliphatic heterocycles. The molecule has 0 N–H and O–H groups in total. The highest BCUT2D eigenvalue weighted by atomic mass is 14.7. The van der Waals surface area contributed by atoms with Crippen LogP contribution in [0.4, 0.5) is 0 Å². The Bertz CT molecular complexity index is 1470. The van der Waals surface area contributed by atoms with Gasteiger partial charge in [-0.3, -0.25) is 4.98 Å². The number of nitrogens with zero attached hydrogens (tertiary/aromatic N) is 1. The van der Waals surface area contributed by atoms with Gasteiger partial charge in [-0.1, -0.05) is 67.8 Å².